The number of rotatable bonds is 2. The summed E-state index contributed by atoms with van der Waals surface area (Å²) in [6.07, 6.45) is 1.69. The molecular formula is C13H13N5O2. The van der Waals surface area contributed by atoms with Crippen LogP contribution in [0, 0.1) is 0 Å². The topological polar surface area (TPSA) is 98.9 Å². The van der Waals surface area contributed by atoms with Gasteiger partial charge < -0.3 is 16.0 Å². The number of nitrogens with one attached hydrogen (secondary N) is 4. The first-order chi connectivity index (χ1) is 9.63. The largest absolute Gasteiger partial charge is 0.334 e. The van der Waals surface area contributed by atoms with Gasteiger partial charge in [0.05, 0.1) is 23.8 Å². The average molecular weight is 271 g/mol. The number of hydrogen-bond donors (Lipinski definition) is 4. The maximum atomic E-state index is 12.2. The first-order valence-electron chi connectivity index (χ1n) is 6.12. The standard InChI is InChI=1S/C13H13N5O2/c1-7-10(6-14-13(20)16-7)12(19)17-9-2-3-11-8(4-9)5-15-18-11/h2-5H,6H2,1H3,(H,15,18)(H,17,19)(H2,14,16,20). The maximum absolute atomic E-state index is 12.2. The summed E-state index contributed by atoms with van der Waals surface area (Å²) in [7, 11) is 0. The number of hydrogen-bond acceptors (Lipinski definition) is 3. The maximum Gasteiger partial charge on any atom is 0.319 e. The van der Waals surface area contributed by atoms with E-state index in [1.165, 1.54) is 0 Å². The number of aromatic amines is 1. The van der Waals surface area contributed by atoms with Gasteiger partial charge in [-0.3, -0.25) is 9.89 Å². The third-order valence-corrected chi connectivity index (χ3v) is 3.15. The molecule has 0 spiro atoms. The van der Waals surface area contributed by atoms with Crippen molar-refractivity contribution in [3.8, 4) is 0 Å². The molecule has 0 unspecified atom stereocenters. The van der Waals surface area contributed by atoms with Crippen molar-refractivity contribution in [1.82, 2.24) is 20.8 Å². The summed E-state index contributed by atoms with van der Waals surface area (Å²) in [5.41, 5.74) is 2.67. The van der Waals surface area contributed by atoms with Gasteiger partial charge in [-0.2, -0.15) is 5.10 Å². The molecule has 0 bridgehead atoms. The number of amides is 3. The molecule has 0 fully saturated rings. The molecule has 1 aromatic heterocycles. The highest BCUT2D eigenvalue weighted by molar-refractivity contribution is 6.06. The normalized spacial score (nSPS) is 14.9. The minimum absolute atomic E-state index is 0.220. The van der Waals surface area contributed by atoms with Crippen molar-refractivity contribution in [2.24, 2.45) is 0 Å². The number of nitrogens with zero attached hydrogens (tertiary/aromatic N) is 1. The molecule has 4 N–H and O–H groups in total. The summed E-state index contributed by atoms with van der Waals surface area (Å²) in [5.74, 6) is -0.238. The molecule has 0 atom stereocenters. The number of carbonyl (C=O) groups excluding carboxylic acids is 2. The van der Waals surface area contributed by atoms with Gasteiger partial charge in [0.1, 0.15) is 0 Å². The van der Waals surface area contributed by atoms with Gasteiger partial charge in [-0.05, 0) is 25.1 Å². The molecule has 102 valence electrons. The van der Waals surface area contributed by atoms with E-state index in [4.69, 9.17) is 0 Å². The van der Waals surface area contributed by atoms with Crippen molar-refractivity contribution >= 4 is 28.5 Å². The number of urea groups is 1. The lowest BCUT2D eigenvalue weighted by Crippen LogP contribution is -2.43. The third-order valence-electron chi connectivity index (χ3n) is 3.15. The first kappa shape index (κ1) is 12.2. The number of benzene rings is 1. The van der Waals surface area contributed by atoms with Crippen LogP contribution >= 0.6 is 0 Å². The summed E-state index contributed by atoms with van der Waals surface area (Å²) in [6, 6.07) is 5.18. The summed E-state index contributed by atoms with van der Waals surface area (Å²) in [6.45, 7) is 1.92. The number of anilines is 1. The molecule has 0 saturated heterocycles. The van der Waals surface area contributed by atoms with Gasteiger partial charge in [0, 0.05) is 16.8 Å². The van der Waals surface area contributed by atoms with Crippen LogP contribution in [0.1, 0.15) is 6.92 Å². The van der Waals surface area contributed by atoms with Crippen molar-refractivity contribution < 1.29 is 9.59 Å². The molecule has 1 aliphatic rings. The van der Waals surface area contributed by atoms with Crippen LogP contribution in [0.25, 0.3) is 10.9 Å². The van der Waals surface area contributed by atoms with Gasteiger partial charge in [0.2, 0.25) is 0 Å². The van der Waals surface area contributed by atoms with E-state index in [2.05, 4.69) is 26.1 Å². The Balaban J connectivity index is 1.81. The highest BCUT2D eigenvalue weighted by atomic mass is 16.2. The molecule has 3 amide bonds. The van der Waals surface area contributed by atoms with E-state index < -0.39 is 0 Å². The molecule has 3 rings (SSSR count). The highest BCUT2D eigenvalue weighted by Crippen LogP contribution is 2.17. The Labute approximate surface area is 114 Å². The average Bonchev–Trinajstić information content (AvgIpc) is 2.85. The number of allylic oxidation sites excluding steroid dienone is 1. The Morgan fingerprint density at radius 2 is 2.25 bits per heavy atom. The van der Waals surface area contributed by atoms with E-state index in [9.17, 15) is 9.59 Å². The molecule has 1 aliphatic heterocycles. The van der Waals surface area contributed by atoms with E-state index in [-0.39, 0.29) is 18.5 Å². The zero-order valence-electron chi connectivity index (χ0n) is 10.8. The van der Waals surface area contributed by atoms with Gasteiger partial charge in [-0.25, -0.2) is 4.79 Å². The summed E-state index contributed by atoms with van der Waals surface area (Å²) in [5, 5.41) is 15.6. The second-order valence-corrected chi connectivity index (χ2v) is 4.54. The Hall–Kier alpha value is -2.83. The number of fused-ring (bicyclic) bond motifs is 1. The molecule has 1 aromatic carbocycles. The fourth-order valence-electron chi connectivity index (χ4n) is 2.07. The summed E-state index contributed by atoms with van der Waals surface area (Å²) in [4.78, 5) is 23.3. The smallest absolute Gasteiger partial charge is 0.319 e. The molecule has 2 heterocycles. The van der Waals surface area contributed by atoms with E-state index in [1.807, 2.05) is 12.1 Å². The van der Waals surface area contributed by atoms with Crippen LogP contribution in [0.2, 0.25) is 0 Å². The van der Waals surface area contributed by atoms with Crippen LogP contribution in [-0.4, -0.2) is 28.7 Å². The predicted octanol–water partition coefficient (Wildman–Crippen LogP) is 1.09. The van der Waals surface area contributed by atoms with Crippen molar-refractivity contribution in [2.75, 3.05) is 11.9 Å². The number of carbonyl (C=O) groups is 2. The second-order valence-electron chi connectivity index (χ2n) is 4.54. The van der Waals surface area contributed by atoms with Crippen molar-refractivity contribution in [3.05, 3.63) is 35.7 Å². The quantitative estimate of drug-likeness (QED) is 0.658. The molecule has 7 heteroatoms. The molecule has 2 aromatic rings. The van der Waals surface area contributed by atoms with Crippen LogP contribution in [0.3, 0.4) is 0 Å². The van der Waals surface area contributed by atoms with Gasteiger partial charge in [0.15, 0.2) is 0 Å². The Morgan fingerprint density at radius 1 is 1.40 bits per heavy atom. The van der Waals surface area contributed by atoms with Crippen LogP contribution in [0.5, 0.6) is 0 Å². The lowest BCUT2D eigenvalue weighted by atomic mass is 10.1. The van der Waals surface area contributed by atoms with E-state index in [1.54, 1.807) is 19.2 Å². The van der Waals surface area contributed by atoms with Crippen LogP contribution in [0.4, 0.5) is 10.5 Å². The van der Waals surface area contributed by atoms with E-state index in [0.717, 1.165) is 10.9 Å². The van der Waals surface area contributed by atoms with Crippen LogP contribution in [0.15, 0.2) is 35.7 Å². The fourth-order valence-corrected chi connectivity index (χ4v) is 2.07. The van der Waals surface area contributed by atoms with E-state index >= 15 is 0 Å². The molecule has 7 nitrogen and oxygen atoms in total. The van der Waals surface area contributed by atoms with Gasteiger partial charge >= 0.3 is 6.03 Å². The van der Waals surface area contributed by atoms with Crippen molar-refractivity contribution in [1.29, 1.82) is 0 Å². The van der Waals surface area contributed by atoms with Crippen LogP contribution in [-0.2, 0) is 4.79 Å². The molecular weight excluding hydrogens is 258 g/mol. The zero-order valence-corrected chi connectivity index (χ0v) is 10.8. The molecule has 20 heavy (non-hydrogen) atoms. The Morgan fingerprint density at radius 3 is 3.05 bits per heavy atom. The Kier molecular flexibility index (Phi) is 2.86. The second kappa shape index (κ2) is 4.69. The van der Waals surface area contributed by atoms with Gasteiger partial charge in [0.25, 0.3) is 5.91 Å². The molecule has 0 aliphatic carbocycles. The Bertz CT molecular complexity index is 731. The lowest BCUT2D eigenvalue weighted by Gasteiger charge is -2.19. The number of H-pyrrole nitrogens is 1. The molecule has 0 saturated carbocycles. The summed E-state index contributed by atoms with van der Waals surface area (Å²) >= 11 is 0. The third kappa shape index (κ3) is 2.20. The summed E-state index contributed by atoms with van der Waals surface area (Å²) < 4.78 is 0. The minimum atomic E-state index is -0.293. The number of aromatic nitrogens is 2. The first-order valence-corrected chi connectivity index (χ1v) is 6.12. The highest BCUT2D eigenvalue weighted by Gasteiger charge is 2.19. The van der Waals surface area contributed by atoms with Crippen molar-refractivity contribution in [3.63, 3.8) is 0 Å². The van der Waals surface area contributed by atoms with Crippen LogP contribution < -0.4 is 16.0 Å². The van der Waals surface area contributed by atoms with Gasteiger partial charge in [-0.15, -0.1) is 0 Å². The van der Waals surface area contributed by atoms with E-state index in [0.29, 0.717) is 17.0 Å². The minimum Gasteiger partial charge on any atom is -0.334 e. The lowest BCUT2D eigenvalue weighted by molar-refractivity contribution is -0.113. The monoisotopic (exact) mass is 271 g/mol. The van der Waals surface area contributed by atoms with Crippen molar-refractivity contribution in [2.45, 2.75) is 6.92 Å². The predicted molar refractivity (Wildman–Crippen MR) is 74.0 cm³/mol. The SMILES string of the molecule is CC1=C(C(=O)Nc2ccc3[nH]ncc3c2)CNC(=O)N1. The fraction of sp³-hybridized carbons (Fsp3) is 0.154. The molecule has 0 radical (unpaired) electrons. The zero-order chi connectivity index (χ0) is 14.1. The van der Waals surface area contributed by atoms with Gasteiger partial charge in [-0.1, -0.05) is 0 Å².